The average Bonchev–Trinajstić information content (AvgIpc) is 3.53. The van der Waals surface area contributed by atoms with Crippen LogP contribution < -0.4 is 10.6 Å². The first kappa shape index (κ1) is 22.3. The van der Waals surface area contributed by atoms with Gasteiger partial charge >= 0.3 is 0 Å². The van der Waals surface area contributed by atoms with E-state index < -0.39 is 0 Å². The molecule has 3 N–H and O–H groups in total. The number of benzene rings is 2. The molecule has 0 fully saturated rings. The predicted molar refractivity (Wildman–Crippen MR) is 131 cm³/mol. The summed E-state index contributed by atoms with van der Waals surface area (Å²) in [6.45, 7) is 4.59. The zero-order valence-corrected chi connectivity index (χ0v) is 19.2. The summed E-state index contributed by atoms with van der Waals surface area (Å²) in [6, 6.07) is 11.8. The highest BCUT2D eigenvalue weighted by Gasteiger charge is 2.28. The number of hydrogen-bond acceptors (Lipinski definition) is 4. The average molecular weight is 471 g/mol. The predicted octanol–water partition coefficient (Wildman–Crippen LogP) is 3.95. The van der Waals surface area contributed by atoms with Crippen LogP contribution in [0.5, 0.6) is 0 Å². The van der Waals surface area contributed by atoms with Crippen LogP contribution in [-0.2, 0) is 11.3 Å². The second kappa shape index (κ2) is 9.02. The van der Waals surface area contributed by atoms with Gasteiger partial charge in [-0.25, -0.2) is 4.39 Å². The Morgan fingerprint density at radius 2 is 1.97 bits per heavy atom. The van der Waals surface area contributed by atoms with Crippen molar-refractivity contribution in [2.24, 2.45) is 0 Å². The van der Waals surface area contributed by atoms with Crippen LogP contribution >= 0.6 is 0 Å². The molecule has 35 heavy (non-hydrogen) atoms. The van der Waals surface area contributed by atoms with E-state index in [-0.39, 0.29) is 17.6 Å². The number of aromatic amines is 1. The van der Waals surface area contributed by atoms with Crippen molar-refractivity contribution < 1.29 is 14.0 Å². The van der Waals surface area contributed by atoms with Crippen molar-refractivity contribution in [3.63, 3.8) is 0 Å². The van der Waals surface area contributed by atoms with E-state index in [9.17, 15) is 14.0 Å². The summed E-state index contributed by atoms with van der Waals surface area (Å²) in [4.78, 5) is 29.1. The first-order valence-corrected chi connectivity index (χ1v) is 11.2. The molecular formula is C26H23FN6O2. The molecule has 0 bridgehead atoms. The molecule has 0 saturated carbocycles. The van der Waals surface area contributed by atoms with Crippen molar-refractivity contribution in [2.75, 3.05) is 11.9 Å². The van der Waals surface area contributed by atoms with Gasteiger partial charge in [-0.15, -0.1) is 5.10 Å². The number of carbonyl (C=O) groups is 2. The maximum absolute atomic E-state index is 13.5. The fourth-order valence-corrected chi connectivity index (χ4v) is 4.39. The summed E-state index contributed by atoms with van der Waals surface area (Å²) in [6.07, 6.45) is 5.08. The normalized spacial score (nSPS) is 13.7. The molecule has 5 rings (SSSR count). The molecule has 0 radical (unpaired) electrons. The van der Waals surface area contributed by atoms with Gasteiger partial charge in [-0.2, -0.15) is 0 Å². The Bertz CT molecular complexity index is 1450. The van der Waals surface area contributed by atoms with Gasteiger partial charge in [0.15, 0.2) is 0 Å². The van der Waals surface area contributed by atoms with E-state index in [4.69, 9.17) is 0 Å². The van der Waals surface area contributed by atoms with Crippen molar-refractivity contribution in [3.05, 3.63) is 88.8 Å². The van der Waals surface area contributed by atoms with E-state index in [0.29, 0.717) is 41.3 Å². The van der Waals surface area contributed by atoms with E-state index in [1.54, 1.807) is 35.3 Å². The summed E-state index contributed by atoms with van der Waals surface area (Å²) >= 11 is 0. The van der Waals surface area contributed by atoms with E-state index in [1.807, 2.05) is 32.0 Å². The van der Waals surface area contributed by atoms with Gasteiger partial charge in [0.05, 0.1) is 23.9 Å². The first-order chi connectivity index (χ1) is 16.9. The highest BCUT2D eigenvalue weighted by atomic mass is 19.1. The highest BCUT2D eigenvalue weighted by molar-refractivity contribution is 6.36. The SMILES string of the molecule is Cc1[nH]c(C=C2C(=O)Nc3cccc(-c4ccc(F)cc4)c32)c(C)c1C(=O)NCCn1ccnn1. The van der Waals surface area contributed by atoms with Crippen LogP contribution in [0.15, 0.2) is 54.9 Å². The summed E-state index contributed by atoms with van der Waals surface area (Å²) in [5, 5.41) is 13.4. The fraction of sp³-hybridized carbons (Fsp3) is 0.154. The molecule has 2 aromatic heterocycles. The van der Waals surface area contributed by atoms with Crippen LogP contribution in [0.3, 0.4) is 0 Å². The molecule has 1 aliphatic heterocycles. The Hall–Kier alpha value is -4.53. The molecular weight excluding hydrogens is 447 g/mol. The molecule has 0 atom stereocenters. The number of aromatic nitrogens is 4. The molecule has 1 aliphatic rings. The number of anilines is 1. The minimum Gasteiger partial charge on any atom is -0.358 e. The van der Waals surface area contributed by atoms with Gasteiger partial charge in [0.1, 0.15) is 5.82 Å². The van der Waals surface area contributed by atoms with Crippen LogP contribution in [0.1, 0.15) is 32.9 Å². The van der Waals surface area contributed by atoms with E-state index in [1.165, 1.54) is 12.1 Å². The molecule has 3 heterocycles. The number of aryl methyl sites for hydroxylation is 1. The monoisotopic (exact) mass is 470 g/mol. The lowest BCUT2D eigenvalue weighted by molar-refractivity contribution is -0.110. The van der Waals surface area contributed by atoms with Crippen LogP contribution in [0, 0.1) is 19.7 Å². The molecule has 0 aliphatic carbocycles. The Labute approximate surface area is 200 Å². The summed E-state index contributed by atoms with van der Waals surface area (Å²) in [7, 11) is 0. The van der Waals surface area contributed by atoms with Crippen LogP contribution in [0.25, 0.3) is 22.8 Å². The van der Waals surface area contributed by atoms with Gasteiger partial charge in [0, 0.05) is 35.4 Å². The number of rotatable bonds is 6. The summed E-state index contributed by atoms with van der Waals surface area (Å²) in [5.41, 5.74) is 6.20. The number of nitrogens with one attached hydrogen (secondary N) is 3. The molecule has 8 nitrogen and oxygen atoms in total. The topological polar surface area (TPSA) is 105 Å². The third kappa shape index (κ3) is 4.23. The minimum absolute atomic E-state index is 0.204. The van der Waals surface area contributed by atoms with Gasteiger partial charge in [0.25, 0.3) is 11.8 Å². The largest absolute Gasteiger partial charge is 0.358 e. The Morgan fingerprint density at radius 1 is 1.17 bits per heavy atom. The number of amides is 2. The lowest BCUT2D eigenvalue weighted by atomic mass is 9.94. The number of H-pyrrole nitrogens is 1. The maximum Gasteiger partial charge on any atom is 0.256 e. The molecule has 0 unspecified atom stereocenters. The van der Waals surface area contributed by atoms with Gasteiger partial charge in [-0.05, 0) is 54.8 Å². The van der Waals surface area contributed by atoms with Gasteiger partial charge < -0.3 is 15.6 Å². The standard InChI is InChI=1S/C26H23FN6O2/c1-15-22(30-16(2)23(15)26(35)28-10-12-33-13-11-29-32-33)14-20-24-19(17-6-8-18(27)9-7-17)4-3-5-21(24)31-25(20)34/h3-9,11,13-14,30H,10,12H2,1-2H3,(H,28,35)(H,31,34). The number of fused-ring (bicyclic) bond motifs is 1. The first-order valence-electron chi connectivity index (χ1n) is 11.2. The van der Waals surface area contributed by atoms with Crippen molar-refractivity contribution >= 4 is 29.2 Å². The van der Waals surface area contributed by atoms with Crippen LogP contribution in [0.2, 0.25) is 0 Å². The number of hydrogen-bond donors (Lipinski definition) is 3. The highest BCUT2D eigenvalue weighted by Crippen LogP contribution is 2.40. The smallest absolute Gasteiger partial charge is 0.256 e. The van der Waals surface area contributed by atoms with Crippen molar-refractivity contribution in [1.82, 2.24) is 25.3 Å². The van der Waals surface area contributed by atoms with Crippen LogP contribution in [0.4, 0.5) is 10.1 Å². The van der Waals surface area contributed by atoms with E-state index in [2.05, 4.69) is 25.9 Å². The number of nitrogens with zero attached hydrogens (tertiary/aromatic N) is 3. The molecule has 176 valence electrons. The summed E-state index contributed by atoms with van der Waals surface area (Å²) in [5.74, 6) is -0.764. The van der Waals surface area contributed by atoms with Crippen molar-refractivity contribution in [3.8, 4) is 11.1 Å². The molecule has 2 aromatic carbocycles. The Kier molecular flexibility index (Phi) is 5.74. The Balaban J connectivity index is 1.47. The Morgan fingerprint density at radius 3 is 2.71 bits per heavy atom. The van der Waals surface area contributed by atoms with Gasteiger partial charge in [-0.1, -0.05) is 29.5 Å². The third-order valence-electron chi connectivity index (χ3n) is 6.07. The van der Waals surface area contributed by atoms with Crippen molar-refractivity contribution in [2.45, 2.75) is 20.4 Å². The van der Waals surface area contributed by atoms with E-state index >= 15 is 0 Å². The molecule has 4 aromatic rings. The van der Waals surface area contributed by atoms with E-state index in [0.717, 1.165) is 22.3 Å². The molecule has 0 saturated heterocycles. The fourth-order valence-electron chi connectivity index (χ4n) is 4.39. The van der Waals surface area contributed by atoms with Gasteiger partial charge in [-0.3, -0.25) is 14.3 Å². The van der Waals surface area contributed by atoms with Crippen LogP contribution in [-0.4, -0.2) is 38.3 Å². The molecule has 2 amide bonds. The lowest BCUT2D eigenvalue weighted by Gasteiger charge is -2.09. The molecule has 9 heteroatoms. The number of carbonyl (C=O) groups excluding carboxylic acids is 2. The summed E-state index contributed by atoms with van der Waals surface area (Å²) < 4.78 is 15.1. The lowest BCUT2D eigenvalue weighted by Crippen LogP contribution is -2.28. The maximum atomic E-state index is 13.5. The zero-order chi connectivity index (χ0) is 24.5. The second-order valence-corrected chi connectivity index (χ2v) is 8.33. The quantitative estimate of drug-likeness (QED) is 0.371. The van der Waals surface area contributed by atoms with Gasteiger partial charge in [0.2, 0.25) is 0 Å². The van der Waals surface area contributed by atoms with Crippen molar-refractivity contribution in [1.29, 1.82) is 0 Å². The number of halogens is 1. The zero-order valence-electron chi connectivity index (χ0n) is 19.2. The third-order valence-corrected chi connectivity index (χ3v) is 6.07. The minimum atomic E-state index is -0.323. The molecule has 0 spiro atoms. The second-order valence-electron chi connectivity index (χ2n) is 8.33.